The van der Waals surface area contributed by atoms with Crippen LogP contribution in [0.3, 0.4) is 0 Å². The Hall–Kier alpha value is -0.610. The van der Waals surface area contributed by atoms with Crippen LogP contribution in [0.2, 0.25) is 0 Å². The lowest BCUT2D eigenvalue weighted by Crippen LogP contribution is -2.53. The third kappa shape index (κ3) is 1.23. The summed E-state index contributed by atoms with van der Waals surface area (Å²) in [7, 11) is 0. The van der Waals surface area contributed by atoms with Crippen molar-refractivity contribution in [3.05, 3.63) is 0 Å². The van der Waals surface area contributed by atoms with Crippen LogP contribution in [0.5, 0.6) is 0 Å². The molecule has 2 rings (SSSR count). The Morgan fingerprint density at radius 1 is 1.45 bits per heavy atom. The van der Waals surface area contributed by atoms with Crippen molar-refractivity contribution in [2.24, 2.45) is 5.92 Å². The van der Waals surface area contributed by atoms with Gasteiger partial charge in [0.2, 0.25) is 5.91 Å². The van der Waals surface area contributed by atoms with E-state index >= 15 is 0 Å². The summed E-state index contributed by atoms with van der Waals surface area (Å²) in [5.41, 5.74) is 3.06. The van der Waals surface area contributed by atoms with Gasteiger partial charge in [-0.15, -0.1) is 0 Å². The lowest BCUT2D eigenvalue weighted by molar-refractivity contribution is -0.138. The number of carbonyl (C=O) groups is 1. The van der Waals surface area contributed by atoms with Gasteiger partial charge in [-0.05, 0) is 6.42 Å². The van der Waals surface area contributed by atoms with Crippen LogP contribution in [-0.4, -0.2) is 37.1 Å². The van der Waals surface area contributed by atoms with Crippen LogP contribution in [0, 0.1) is 5.92 Å². The van der Waals surface area contributed by atoms with Crippen LogP contribution in [0.15, 0.2) is 0 Å². The summed E-state index contributed by atoms with van der Waals surface area (Å²) in [5.74, 6) is 0.502. The van der Waals surface area contributed by atoms with Crippen LogP contribution < -0.4 is 10.7 Å². The van der Waals surface area contributed by atoms with Crippen LogP contribution in [0.25, 0.3) is 0 Å². The molecule has 0 unspecified atom stereocenters. The van der Waals surface area contributed by atoms with Crippen molar-refractivity contribution in [2.75, 3.05) is 26.2 Å². The minimum Gasteiger partial charge on any atom is -0.315 e. The highest BCUT2D eigenvalue weighted by molar-refractivity contribution is 5.79. The van der Waals surface area contributed by atoms with Crippen LogP contribution in [0.1, 0.15) is 6.42 Å². The summed E-state index contributed by atoms with van der Waals surface area (Å²) in [6.45, 7) is 3.55. The summed E-state index contributed by atoms with van der Waals surface area (Å²) in [5, 5.41) is 4.85. The Bertz CT molecular complexity index is 161. The topological polar surface area (TPSA) is 44.4 Å². The summed E-state index contributed by atoms with van der Waals surface area (Å²) in [6.07, 6.45) is 1.09. The molecule has 2 heterocycles. The number of amides is 1. The maximum absolute atomic E-state index is 11.5. The Kier molecular flexibility index (Phi) is 1.79. The summed E-state index contributed by atoms with van der Waals surface area (Å²) in [4.78, 5) is 11.5. The minimum absolute atomic E-state index is 0.237. The molecule has 4 heteroatoms. The average Bonchev–Trinajstić information content (AvgIpc) is 2.32. The van der Waals surface area contributed by atoms with Crippen molar-refractivity contribution in [1.29, 1.82) is 0 Å². The van der Waals surface area contributed by atoms with Gasteiger partial charge >= 0.3 is 0 Å². The van der Waals surface area contributed by atoms with E-state index in [2.05, 4.69) is 10.7 Å². The van der Waals surface area contributed by atoms with Gasteiger partial charge in [-0.1, -0.05) is 0 Å². The van der Waals surface area contributed by atoms with Gasteiger partial charge in [0, 0.05) is 26.2 Å². The lowest BCUT2D eigenvalue weighted by Gasteiger charge is -2.29. The minimum atomic E-state index is 0.237. The molecule has 2 saturated heterocycles. The molecule has 2 aliphatic heterocycles. The predicted molar refractivity (Wildman–Crippen MR) is 40.7 cm³/mol. The molecule has 0 aliphatic carbocycles. The van der Waals surface area contributed by atoms with Gasteiger partial charge in [0.05, 0.1) is 5.92 Å². The molecule has 0 aromatic rings. The van der Waals surface area contributed by atoms with Gasteiger partial charge < -0.3 is 5.32 Å². The molecule has 0 bridgehead atoms. The Labute approximate surface area is 65.9 Å². The SMILES string of the molecule is O=C(C1CNC1)N1CCCN1. The summed E-state index contributed by atoms with van der Waals surface area (Å²) in [6, 6.07) is 0. The highest BCUT2D eigenvalue weighted by atomic mass is 16.2. The molecule has 0 aromatic carbocycles. The van der Waals surface area contributed by atoms with E-state index < -0.39 is 0 Å². The first-order chi connectivity index (χ1) is 5.38. The zero-order valence-corrected chi connectivity index (χ0v) is 6.47. The predicted octanol–water partition coefficient (Wildman–Crippen LogP) is -1.06. The van der Waals surface area contributed by atoms with E-state index in [1.54, 1.807) is 5.01 Å². The van der Waals surface area contributed by atoms with E-state index in [9.17, 15) is 4.79 Å². The third-order valence-corrected chi connectivity index (χ3v) is 2.26. The maximum Gasteiger partial charge on any atom is 0.242 e. The van der Waals surface area contributed by atoms with E-state index in [4.69, 9.17) is 0 Å². The van der Waals surface area contributed by atoms with Crippen LogP contribution in [0.4, 0.5) is 0 Å². The van der Waals surface area contributed by atoms with Crippen molar-refractivity contribution < 1.29 is 4.79 Å². The molecule has 11 heavy (non-hydrogen) atoms. The quantitative estimate of drug-likeness (QED) is 0.507. The second-order valence-electron chi connectivity index (χ2n) is 3.11. The van der Waals surface area contributed by atoms with Gasteiger partial charge in [0.25, 0.3) is 0 Å². The number of hydrazine groups is 1. The molecule has 2 fully saturated rings. The highest BCUT2D eigenvalue weighted by Crippen LogP contribution is 2.08. The molecule has 4 nitrogen and oxygen atoms in total. The van der Waals surface area contributed by atoms with Gasteiger partial charge in [-0.3, -0.25) is 9.80 Å². The second kappa shape index (κ2) is 2.79. The van der Waals surface area contributed by atoms with Crippen molar-refractivity contribution in [1.82, 2.24) is 15.8 Å². The zero-order valence-electron chi connectivity index (χ0n) is 6.47. The highest BCUT2D eigenvalue weighted by Gasteiger charge is 2.30. The third-order valence-electron chi connectivity index (χ3n) is 2.26. The first kappa shape index (κ1) is 7.06. The fraction of sp³-hybridized carbons (Fsp3) is 0.857. The van der Waals surface area contributed by atoms with Crippen molar-refractivity contribution in [3.8, 4) is 0 Å². The largest absolute Gasteiger partial charge is 0.315 e. The first-order valence-corrected chi connectivity index (χ1v) is 4.13. The summed E-state index contributed by atoms with van der Waals surface area (Å²) < 4.78 is 0. The molecule has 0 spiro atoms. The molecule has 0 radical (unpaired) electrons. The molecular formula is C7H13N3O. The second-order valence-corrected chi connectivity index (χ2v) is 3.11. The standard InChI is InChI=1S/C7H13N3O/c11-7(6-4-8-5-6)10-3-1-2-9-10/h6,8-9H,1-5H2. The van der Waals surface area contributed by atoms with E-state index in [1.165, 1.54) is 0 Å². The molecule has 2 N–H and O–H groups in total. The van der Waals surface area contributed by atoms with Gasteiger partial charge in [0.15, 0.2) is 0 Å². The molecule has 0 atom stereocenters. The van der Waals surface area contributed by atoms with Gasteiger partial charge in [0.1, 0.15) is 0 Å². The fourth-order valence-corrected chi connectivity index (χ4v) is 1.40. The molecule has 2 aliphatic rings. The van der Waals surface area contributed by atoms with E-state index in [0.29, 0.717) is 0 Å². The van der Waals surface area contributed by atoms with Crippen LogP contribution in [-0.2, 0) is 4.79 Å². The molecule has 62 valence electrons. The summed E-state index contributed by atoms with van der Waals surface area (Å²) >= 11 is 0. The Morgan fingerprint density at radius 3 is 2.73 bits per heavy atom. The number of nitrogens with one attached hydrogen (secondary N) is 2. The Balaban J connectivity index is 1.87. The van der Waals surface area contributed by atoms with Crippen LogP contribution >= 0.6 is 0 Å². The van der Waals surface area contributed by atoms with Gasteiger partial charge in [-0.25, -0.2) is 5.43 Å². The monoisotopic (exact) mass is 155 g/mol. The molecule has 0 saturated carbocycles. The smallest absolute Gasteiger partial charge is 0.242 e. The lowest BCUT2D eigenvalue weighted by atomic mass is 10.0. The Morgan fingerprint density at radius 2 is 2.27 bits per heavy atom. The maximum atomic E-state index is 11.5. The fourth-order valence-electron chi connectivity index (χ4n) is 1.40. The van der Waals surface area contributed by atoms with E-state index in [0.717, 1.165) is 32.6 Å². The van der Waals surface area contributed by atoms with Crippen molar-refractivity contribution in [2.45, 2.75) is 6.42 Å². The van der Waals surface area contributed by atoms with Crippen molar-refractivity contribution in [3.63, 3.8) is 0 Å². The average molecular weight is 155 g/mol. The normalized spacial score (nSPS) is 25.3. The number of hydrogen-bond donors (Lipinski definition) is 2. The number of nitrogens with zero attached hydrogens (tertiary/aromatic N) is 1. The van der Waals surface area contributed by atoms with E-state index in [1.807, 2.05) is 0 Å². The number of hydrogen-bond acceptors (Lipinski definition) is 3. The number of rotatable bonds is 1. The molecular weight excluding hydrogens is 142 g/mol. The van der Waals surface area contributed by atoms with E-state index in [-0.39, 0.29) is 11.8 Å². The first-order valence-electron chi connectivity index (χ1n) is 4.13. The zero-order chi connectivity index (χ0) is 7.68. The number of carbonyl (C=O) groups excluding carboxylic acids is 1. The molecule has 1 amide bonds. The van der Waals surface area contributed by atoms with Gasteiger partial charge in [-0.2, -0.15) is 0 Å². The molecule has 0 aromatic heterocycles. The van der Waals surface area contributed by atoms with Crippen molar-refractivity contribution >= 4 is 5.91 Å².